The molecule has 28 heavy (non-hydrogen) atoms. The molecule has 0 radical (unpaired) electrons. The van der Waals surface area contributed by atoms with Crippen LogP contribution in [0.5, 0.6) is 5.75 Å². The van der Waals surface area contributed by atoms with Crippen LogP contribution in [0.3, 0.4) is 0 Å². The quantitative estimate of drug-likeness (QED) is 0.636. The van der Waals surface area contributed by atoms with Crippen LogP contribution in [0.2, 0.25) is 0 Å². The van der Waals surface area contributed by atoms with Crippen LogP contribution < -0.4 is 20.3 Å². The number of nitrogens with one attached hydrogen (secondary N) is 2. The Labute approximate surface area is 165 Å². The number of ether oxygens (including phenoxy) is 1. The van der Waals surface area contributed by atoms with E-state index in [4.69, 9.17) is 4.74 Å². The first kappa shape index (κ1) is 19.9. The minimum absolute atomic E-state index is 0.150. The van der Waals surface area contributed by atoms with Gasteiger partial charge in [0.15, 0.2) is 0 Å². The molecule has 3 rings (SSSR count). The third-order valence-electron chi connectivity index (χ3n) is 4.54. The van der Waals surface area contributed by atoms with Gasteiger partial charge >= 0.3 is 6.03 Å². The maximum Gasteiger partial charge on any atom is 0.314 e. The van der Waals surface area contributed by atoms with Gasteiger partial charge in [-0.15, -0.1) is 0 Å². The Morgan fingerprint density at radius 3 is 2.43 bits per heavy atom. The molecular formula is C20H28N6O2. The fraction of sp³-hybridized carbons (Fsp3) is 0.450. The number of piperazine rings is 1. The number of carbonyl (C=O) groups is 1. The van der Waals surface area contributed by atoms with Crippen molar-refractivity contribution in [3.05, 3.63) is 48.8 Å². The molecule has 0 atom stereocenters. The second-order valence-electron chi connectivity index (χ2n) is 6.58. The predicted octanol–water partition coefficient (Wildman–Crippen LogP) is 1.37. The lowest BCUT2D eigenvalue weighted by Gasteiger charge is -2.34. The van der Waals surface area contributed by atoms with Gasteiger partial charge in [0, 0.05) is 45.1 Å². The highest BCUT2D eigenvalue weighted by molar-refractivity contribution is 5.73. The molecule has 1 aliphatic rings. The van der Waals surface area contributed by atoms with Gasteiger partial charge in [0.2, 0.25) is 5.95 Å². The van der Waals surface area contributed by atoms with Crippen LogP contribution in [-0.4, -0.2) is 73.3 Å². The predicted molar refractivity (Wildman–Crippen MR) is 109 cm³/mol. The highest BCUT2D eigenvalue weighted by Crippen LogP contribution is 2.09. The number of anilines is 1. The van der Waals surface area contributed by atoms with Crippen molar-refractivity contribution in [3.8, 4) is 5.75 Å². The lowest BCUT2D eigenvalue weighted by molar-refractivity contribution is 0.232. The number of carbonyl (C=O) groups excluding carboxylic acids is 1. The van der Waals surface area contributed by atoms with Gasteiger partial charge in [0.25, 0.3) is 0 Å². The van der Waals surface area contributed by atoms with Crippen molar-refractivity contribution in [1.29, 1.82) is 0 Å². The van der Waals surface area contributed by atoms with Crippen LogP contribution in [0.15, 0.2) is 48.8 Å². The molecule has 0 aliphatic carbocycles. The SMILES string of the molecule is O=C(NCCCN1CCN(c2ncccn2)CC1)NCCOc1ccccc1. The molecule has 0 saturated carbocycles. The average molecular weight is 384 g/mol. The standard InChI is InChI=1S/C20H28N6O2/c27-20(24-11-17-28-18-6-2-1-3-7-18)23-10-5-12-25-13-15-26(16-14-25)19-21-8-4-9-22-19/h1-4,6-9H,5,10-17H2,(H2,23,24,27). The summed E-state index contributed by atoms with van der Waals surface area (Å²) in [5.41, 5.74) is 0. The zero-order valence-corrected chi connectivity index (χ0v) is 16.1. The van der Waals surface area contributed by atoms with E-state index in [0.29, 0.717) is 19.7 Å². The van der Waals surface area contributed by atoms with Crippen LogP contribution in [0, 0.1) is 0 Å². The first-order chi connectivity index (χ1) is 13.8. The first-order valence-corrected chi connectivity index (χ1v) is 9.75. The number of rotatable bonds is 9. The minimum atomic E-state index is -0.150. The normalized spacial score (nSPS) is 14.5. The number of para-hydroxylation sites is 1. The monoisotopic (exact) mass is 384 g/mol. The first-order valence-electron chi connectivity index (χ1n) is 9.75. The summed E-state index contributed by atoms with van der Waals surface area (Å²) in [6.45, 7) is 6.40. The molecule has 2 amide bonds. The molecule has 1 aromatic carbocycles. The summed E-state index contributed by atoms with van der Waals surface area (Å²) < 4.78 is 5.54. The van der Waals surface area contributed by atoms with Crippen molar-refractivity contribution in [1.82, 2.24) is 25.5 Å². The van der Waals surface area contributed by atoms with Gasteiger partial charge in [-0.3, -0.25) is 4.90 Å². The molecule has 0 bridgehead atoms. The Morgan fingerprint density at radius 1 is 0.964 bits per heavy atom. The lowest BCUT2D eigenvalue weighted by atomic mass is 10.3. The third-order valence-corrected chi connectivity index (χ3v) is 4.54. The Bertz CT molecular complexity index is 692. The van der Waals surface area contributed by atoms with Gasteiger partial charge in [-0.05, 0) is 31.2 Å². The third kappa shape index (κ3) is 6.70. The van der Waals surface area contributed by atoms with E-state index in [9.17, 15) is 4.79 Å². The highest BCUT2D eigenvalue weighted by atomic mass is 16.5. The van der Waals surface area contributed by atoms with Crippen molar-refractivity contribution < 1.29 is 9.53 Å². The maximum atomic E-state index is 11.8. The number of amides is 2. The number of nitrogens with zero attached hydrogens (tertiary/aromatic N) is 4. The van der Waals surface area contributed by atoms with Gasteiger partial charge in [0.05, 0.1) is 6.54 Å². The summed E-state index contributed by atoms with van der Waals surface area (Å²) in [5.74, 6) is 1.61. The molecule has 1 saturated heterocycles. The molecule has 1 aliphatic heterocycles. The van der Waals surface area contributed by atoms with Gasteiger partial charge in [-0.25, -0.2) is 14.8 Å². The second-order valence-corrected chi connectivity index (χ2v) is 6.58. The fourth-order valence-electron chi connectivity index (χ4n) is 3.04. The summed E-state index contributed by atoms with van der Waals surface area (Å²) in [6, 6.07) is 11.3. The molecule has 150 valence electrons. The van der Waals surface area contributed by atoms with Crippen LogP contribution in [-0.2, 0) is 0 Å². The lowest BCUT2D eigenvalue weighted by Crippen LogP contribution is -2.47. The van der Waals surface area contributed by atoms with Crippen LogP contribution >= 0.6 is 0 Å². The van der Waals surface area contributed by atoms with Crippen molar-refractivity contribution in [3.63, 3.8) is 0 Å². The van der Waals surface area contributed by atoms with Crippen molar-refractivity contribution in [2.45, 2.75) is 6.42 Å². The minimum Gasteiger partial charge on any atom is -0.492 e. The molecule has 2 heterocycles. The Morgan fingerprint density at radius 2 is 1.68 bits per heavy atom. The Hall–Kier alpha value is -2.87. The molecule has 8 nitrogen and oxygen atoms in total. The van der Waals surface area contributed by atoms with E-state index in [2.05, 4.69) is 30.4 Å². The van der Waals surface area contributed by atoms with Crippen LogP contribution in [0.4, 0.5) is 10.7 Å². The van der Waals surface area contributed by atoms with E-state index in [-0.39, 0.29) is 6.03 Å². The van der Waals surface area contributed by atoms with E-state index >= 15 is 0 Å². The summed E-state index contributed by atoms with van der Waals surface area (Å²) >= 11 is 0. The van der Waals surface area contributed by atoms with Crippen molar-refractivity contribution in [2.75, 3.05) is 57.3 Å². The van der Waals surface area contributed by atoms with Crippen LogP contribution in [0.1, 0.15) is 6.42 Å². The molecule has 8 heteroatoms. The Balaban J connectivity index is 1.20. The van der Waals surface area contributed by atoms with Gasteiger partial charge in [0.1, 0.15) is 12.4 Å². The number of hydrogen-bond donors (Lipinski definition) is 2. The Kier molecular flexibility index (Phi) is 7.87. The number of aromatic nitrogens is 2. The van der Waals surface area contributed by atoms with E-state index in [1.54, 1.807) is 12.4 Å². The largest absolute Gasteiger partial charge is 0.492 e. The molecule has 2 aromatic rings. The molecule has 0 spiro atoms. The zero-order valence-electron chi connectivity index (χ0n) is 16.1. The fourth-order valence-corrected chi connectivity index (χ4v) is 3.04. The number of hydrogen-bond acceptors (Lipinski definition) is 6. The van der Waals surface area contributed by atoms with Gasteiger partial charge in [-0.1, -0.05) is 18.2 Å². The van der Waals surface area contributed by atoms with E-state index in [0.717, 1.165) is 50.8 Å². The summed E-state index contributed by atoms with van der Waals surface area (Å²) in [4.78, 5) is 25.0. The number of benzene rings is 1. The van der Waals surface area contributed by atoms with Gasteiger partial charge < -0.3 is 20.3 Å². The summed E-state index contributed by atoms with van der Waals surface area (Å²) in [5, 5.41) is 5.70. The summed E-state index contributed by atoms with van der Waals surface area (Å²) in [7, 11) is 0. The molecule has 2 N–H and O–H groups in total. The molecule has 1 aromatic heterocycles. The van der Waals surface area contributed by atoms with Crippen LogP contribution in [0.25, 0.3) is 0 Å². The van der Waals surface area contributed by atoms with E-state index in [1.807, 2.05) is 36.4 Å². The molecular weight excluding hydrogens is 356 g/mol. The second kappa shape index (κ2) is 11.1. The molecule has 0 unspecified atom stereocenters. The zero-order chi connectivity index (χ0) is 19.4. The van der Waals surface area contributed by atoms with Crippen molar-refractivity contribution in [2.24, 2.45) is 0 Å². The topological polar surface area (TPSA) is 82.6 Å². The van der Waals surface area contributed by atoms with Crippen molar-refractivity contribution >= 4 is 12.0 Å². The summed E-state index contributed by atoms with van der Waals surface area (Å²) in [6.07, 6.45) is 4.48. The maximum absolute atomic E-state index is 11.8. The average Bonchev–Trinajstić information content (AvgIpc) is 2.76. The van der Waals surface area contributed by atoms with E-state index < -0.39 is 0 Å². The van der Waals surface area contributed by atoms with E-state index in [1.165, 1.54) is 0 Å². The van der Waals surface area contributed by atoms with Gasteiger partial charge in [-0.2, -0.15) is 0 Å². The highest BCUT2D eigenvalue weighted by Gasteiger charge is 2.18. The smallest absolute Gasteiger partial charge is 0.314 e. The molecule has 1 fully saturated rings. The number of urea groups is 1.